The highest BCUT2D eigenvalue weighted by atomic mass is 16.5. The van der Waals surface area contributed by atoms with Crippen molar-refractivity contribution in [2.75, 3.05) is 27.2 Å². The van der Waals surface area contributed by atoms with Crippen LogP contribution >= 0.6 is 0 Å². The molecular weight excluding hydrogens is 428 g/mol. The first-order valence-electron chi connectivity index (χ1n) is 12.2. The Hall–Kier alpha value is -2.96. The fraction of sp³-hybridized carbons (Fsp3) is 0.429. The lowest BCUT2D eigenvalue weighted by atomic mass is 10.0. The first kappa shape index (κ1) is 24.2. The maximum atomic E-state index is 12.2. The molecule has 6 nitrogen and oxygen atoms in total. The van der Waals surface area contributed by atoms with Gasteiger partial charge in [0, 0.05) is 24.2 Å². The Kier molecular flexibility index (Phi) is 8.14. The summed E-state index contributed by atoms with van der Waals surface area (Å²) >= 11 is 0. The van der Waals surface area contributed by atoms with Gasteiger partial charge in [-0.15, -0.1) is 0 Å². The fourth-order valence-corrected chi connectivity index (χ4v) is 4.93. The molecule has 2 fully saturated rings. The van der Waals surface area contributed by atoms with Gasteiger partial charge in [0.05, 0.1) is 0 Å². The molecule has 2 unspecified atom stereocenters. The second-order valence-corrected chi connectivity index (χ2v) is 9.43. The number of benzene rings is 2. The highest BCUT2D eigenvalue weighted by Gasteiger charge is 2.22. The van der Waals surface area contributed by atoms with E-state index in [4.69, 9.17) is 9.47 Å². The van der Waals surface area contributed by atoms with Crippen LogP contribution in [0.1, 0.15) is 36.8 Å². The van der Waals surface area contributed by atoms with Crippen LogP contribution in [-0.4, -0.2) is 61.0 Å². The lowest BCUT2D eigenvalue weighted by molar-refractivity contribution is -0.131. The van der Waals surface area contributed by atoms with E-state index in [1.165, 1.54) is 25.7 Å². The molecule has 6 heteroatoms. The third-order valence-corrected chi connectivity index (χ3v) is 6.87. The molecule has 0 N–H and O–H groups in total. The summed E-state index contributed by atoms with van der Waals surface area (Å²) in [6.45, 7) is 2.25. The summed E-state index contributed by atoms with van der Waals surface area (Å²) in [7, 11) is 4.30. The predicted molar refractivity (Wildman–Crippen MR) is 132 cm³/mol. The second-order valence-electron chi connectivity index (χ2n) is 9.43. The van der Waals surface area contributed by atoms with Gasteiger partial charge in [-0.05, 0) is 101 Å². The van der Waals surface area contributed by atoms with E-state index in [0.29, 0.717) is 23.6 Å². The fourth-order valence-electron chi connectivity index (χ4n) is 4.93. The first-order valence-corrected chi connectivity index (χ1v) is 12.2. The molecule has 2 saturated heterocycles. The molecule has 4 rings (SSSR count). The van der Waals surface area contributed by atoms with Crippen molar-refractivity contribution in [2.24, 2.45) is 0 Å². The maximum Gasteiger partial charge on any atom is 0.336 e. The van der Waals surface area contributed by atoms with Crippen LogP contribution in [-0.2, 0) is 22.4 Å². The summed E-state index contributed by atoms with van der Waals surface area (Å²) in [5.74, 6) is -0.258. The van der Waals surface area contributed by atoms with Gasteiger partial charge in [-0.1, -0.05) is 24.3 Å². The highest BCUT2D eigenvalue weighted by Crippen LogP contribution is 2.23. The molecule has 2 aliphatic rings. The van der Waals surface area contributed by atoms with E-state index >= 15 is 0 Å². The van der Waals surface area contributed by atoms with Crippen LogP contribution in [0.4, 0.5) is 0 Å². The highest BCUT2D eigenvalue weighted by molar-refractivity contribution is 5.93. The number of hydrogen-bond donors (Lipinski definition) is 0. The van der Waals surface area contributed by atoms with Crippen molar-refractivity contribution >= 4 is 11.9 Å². The van der Waals surface area contributed by atoms with Gasteiger partial charge in [0.15, 0.2) is 0 Å². The Morgan fingerprint density at radius 3 is 1.62 bits per heavy atom. The van der Waals surface area contributed by atoms with Crippen molar-refractivity contribution in [1.29, 1.82) is 0 Å². The quantitative estimate of drug-likeness (QED) is 0.335. The average Bonchev–Trinajstić information content (AvgIpc) is 3.40. The van der Waals surface area contributed by atoms with Crippen molar-refractivity contribution in [1.82, 2.24) is 9.80 Å². The van der Waals surface area contributed by atoms with Crippen LogP contribution in [0.25, 0.3) is 0 Å². The first-order chi connectivity index (χ1) is 16.5. The van der Waals surface area contributed by atoms with Crippen molar-refractivity contribution in [3.8, 4) is 11.5 Å². The number of carbonyl (C=O) groups excluding carboxylic acids is 2. The zero-order valence-electron chi connectivity index (χ0n) is 20.1. The molecule has 0 radical (unpaired) electrons. The Morgan fingerprint density at radius 2 is 1.24 bits per heavy atom. The van der Waals surface area contributed by atoms with Crippen LogP contribution in [0.5, 0.6) is 11.5 Å². The van der Waals surface area contributed by atoms with E-state index < -0.39 is 11.9 Å². The third-order valence-electron chi connectivity index (χ3n) is 6.87. The van der Waals surface area contributed by atoms with Crippen LogP contribution in [0.3, 0.4) is 0 Å². The molecule has 0 aromatic heterocycles. The molecule has 2 heterocycles. The van der Waals surface area contributed by atoms with Gasteiger partial charge >= 0.3 is 11.9 Å². The zero-order valence-corrected chi connectivity index (χ0v) is 20.1. The van der Waals surface area contributed by atoms with Crippen molar-refractivity contribution < 1.29 is 19.1 Å². The number of rotatable bonds is 8. The molecule has 0 amide bonds. The van der Waals surface area contributed by atoms with E-state index in [2.05, 4.69) is 36.0 Å². The molecule has 0 aliphatic carbocycles. The molecule has 0 saturated carbocycles. The number of esters is 2. The number of carbonyl (C=O) groups is 2. The topological polar surface area (TPSA) is 59.1 Å². The Bertz CT molecular complexity index is 953. The molecule has 2 atom stereocenters. The molecule has 180 valence electrons. The van der Waals surface area contributed by atoms with E-state index in [1.54, 1.807) is 12.1 Å². The van der Waals surface area contributed by atoms with E-state index in [-0.39, 0.29) is 0 Å². The Balaban J connectivity index is 1.27. The predicted octanol–water partition coefficient (Wildman–Crippen LogP) is 4.03. The van der Waals surface area contributed by atoms with E-state index in [9.17, 15) is 9.59 Å². The van der Waals surface area contributed by atoms with Gasteiger partial charge in [-0.2, -0.15) is 0 Å². The standard InChI is InChI=1S/C28H34N2O4/c1-29-15-5-9-23(29)17-21-7-3-11-25(19-21)33-27(31)13-14-28(32)34-26-12-4-8-22(20-26)18-24-10-6-16-30(24)2/h3-4,7-8,11-14,19-20,23-24H,5-6,9-10,15-18H2,1-2H3/b14-13+. The van der Waals surface area contributed by atoms with Gasteiger partial charge in [0.25, 0.3) is 0 Å². The van der Waals surface area contributed by atoms with E-state index in [1.807, 2.05) is 24.3 Å². The maximum absolute atomic E-state index is 12.2. The van der Waals surface area contributed by atoms with Gasteiger partial charge in [0.2, 0.25) is 0 Å². The third kappa shape index (κ3) is 6.78. The monoisotopic (exact) mass is 462 g/mol. The minimum atomic E-state index is -0.606. The summed E-state index contributed by atoms with van der Waals surface area (Å²) in [6.07, 6.45) is 8.89. The van der Waals surface area contributed by atoms with Gasteiger partial charge < -0.3 is 19.3 Å². The number of hydrogen-bond acceptors (Lipinski definition) is 6. The van der Waals surface area contributed by atoms with Crippen molar-refractivity contribution in [3.63, 3.8) is 0 Å². The SMILES string of the molecule is CN1CCCC1Cc1cccc(OC(=O)/C=C/C(=O)Oc2cccc(CC3CCCN3C)c2)c1. The second kappa shape index (κ2) is 11.4. The van der Waals surface area contributed by atoms with Crippen molar-refractivity contribution in [3.05, 3.63) is 71.8 Å². The molecule has 0 spiro atoms. The summed E-state index contributed by atoms with van der Waals surface area (Å²) in [4.78, 5) is 29.2. The van der Waals surface area contributed by atoms with Crippen molar-refractivity contribution in [2.45, 2.75) is 50.6 Å². The minimum absolute atomic E-state index is 0.478. The van der Waals surface area contributed by atoms with Crippen LogP contribution in [0.15, 0.2) is 60.7 Å². The summed E-state index contributed by atoms with van der Waals surface area (Å²) in [6, 6.07) is 16.2. The number of likely N-dealkylation sites (N-methyl/N-ethyl adjacent to an activating group) is 2. The van der Waals surface area contributed by atoms with E-state index in [0.717, 1.165) is 49.2 Å². The average molecular weight is 463 g/mol. The Labute approximate surface area is 202 Å². The molecule has 2 aromatic carbocycles. The largest absolute Gasteiger partial charge is 0.423 e. The lowest BCUT2D eigenvalue weighted by Gasteiger charge is -2.19. The minimum Gasteiger partial charge on any atom is -0.423 e. The molecule has 2 aromatic rings. The number of ether oxygens (including phenoxy) is 2. The molecule has 2 aliphatic heterocycles. The van der Waals surface area contributed by atoms with Gasteiger partial charge in [0.1, 0.15) is 11.5 Å². The smallest absolute Gasteiger partial charge is 0.336 e. The van der Waals surface area contributed by atoms with Crippen LogP contribution < -0.4 is 9.47 Å². The summed E-state index contributed by atoms with van der Waals surface area (Å²) in [5.41, 5.74) is 2.27. The van der Waals surface area contributed by atoms with Crippen LogP contribution in [0, 0.1) is 0 Å². The van der Waals surface area contributed by atoms with Crippen LogP contribution in [0.2, 0.25) is 0 Å². The molecule has 34 heavy (non-hydrogen) atoms. The summed E-state index contributed by atoms with van der Waals surface area (Å²) in [5, 5.41) is 0. The zero-order chi connectivity index (χ0) is 23.9. The Morgan fingerprint density at radius 1 is 0.794 bits per heavy atom. The normalized spacial score (nSPS) is 21.2. The number of likely N-dealkylation sites (tertiary alicyclic amines) is 2. The molecular formula is C28H34N2O4. The molecule has 0 bridgehead atoms. The lowest BCUT2D eigenvalue weighted by Crippen LogP contribution is -2.26. The summed E-state index contributed by atoms with van der Waals surface area (Å²) < 4.78 is 10.8. The van der Waals surface area contributed by atoms with Gasteiger partial charge in [-0.25, -0.2) is 9.59 Å². The number of nitrogens with zero attached hydrogens (tertiary/aromatic N) is 2. The van der Waals surface area contributed by atoms with Gasteiger partial charge in [-0.3, -0.25) is 0 Å².